The van der Waals surface area contributed by atoms with E-state index in [9.17, 15) is 0 Å². The zero-order chi connectivity index (χ0) is 10.5. The van der Waals surface area contributed by atoms with E-state index < -0.39 is 0 Å². The van der Waals surface area contributed by atoms with Crippen LogP contribution in [0, 0.1) is 0 Å². The van der Waals surface area contributed by atoms with Gasteiger partial charge in [0.1, 0.15) is 0 Å². The second kappa shape index (κ2) is 5.21. The maximum Gasteiger partial charge on any atom is 0.0824 e. The molecule has 0 spiro atoms. The van der Waals surface area contributed by atoms with Crippen molar-refractivity contribution in [1.82, 2.24) is 9.88 Å². The summed E-state index contributed by atoms with van der Waals surface area (Å²) in [6.07, 6.45) is 3.90. The second-order valence-electron chi connectivity index (χ2n) is 3.82. The fraction of sp³-hybridized carbons (Fsp3) is 0.545. The van der Waals surface area contributed by atoms with E-state index in [1.165, 1.54) is 5.56 Å². The molecular weight excluding hydrogens is 190 g/mol. The summed E-state index contributed by atoms with van der Waals surface area (Å²) in [4.78, 5) is 6.47. The standard InChI is InChI=1S/C11H17N3O/c12-6-11-9-14(4-5-15-11)8-10-2-1-3-13-7-10/h1-3,7,11H,4-6,8-9,12H2. The number of morpholine rings is 1. The van der Waals surface area contributed by atoms with Crippen LogP contribution in [0.3, 0.4) is 0 Å². The number of aromatic nitrogens is 1. The van der Waals surface area contributed by atoms with Gasteiger partial charge in [-0.3, -0.25) is 9.88 Å². The first-order valence-electron chi connectivity index (χ1n) is 5.31. The monoisotopic (exact) mass is 207 g/mol. The molecule has 0 bridgehead atoms. The maximum atomic E-state index is 5.59. The Balaban J connectivity index is 1.89. The first kappa shape index (κ1) is 10.5. The molecule has 2 rings (SSSR count). The molecule has 1 aliphatic heterocycles. The lowest BCUT2D eigenvalue weighted by atomic mass is 10.2. The molecule has 0 amide bonds. The zero-order valence-corrected chi connectivity index (χ0v) is 8.80. The van der Waals surface area contributed by atoms with Crippen molar-refractivity contribution in [2.24, 2.45) is 5.73 Å². The smallest absolute Gasteiger partial charge is 0.0824 e. The van der Waals surface area contributed by atoms with Gasteiger partial charge in [-0.05, 0) is 11.6 Å². The largest absolute Gasteiger partial charge is 0.374 e. The van der Waals surface area contributed by atoms with E-state index in [4.69, 9.17) is 10.5 Å². The van der Waals surface area contributed by atoms with Crippen LogP contribution in [0.25, 0.3) is 0 Å². The number of rotatable bonds is 3. The number of hydrogen-bond acceptors (Lipinski definition) is 4. The van der Waals surface area contributed by atoms with Crippen LogP contribution in [-0.4, -0.2) is 42.2 Å². The Kier molecular flexibility index (Phi) is 3.66. The van der Waals surface area contributed by atoms with Crippen LogP contribution >= 0.6 is 0 Å². The van der Waals surface area contributed by atoms with Crippen LogP contribution < -0.4 is 5.73 Å². The first-order valence-corrected chi connectivity index (χ1v) is 5.31. The molecule has 0 aliphatic carbocycles. The fourth-order valence-corrected chi connectivity index (χ4v) is 1.82. The molecule has 4 nitrogen and oxygen atoms in total. The van der Waals surface area contributed by atoms with Crippen molar-refractivity contribution >= 4 is 0 Å². The van der Waals surface area contributed by atoms with Gasteiger partial charge in [0.2, 0.25) is 0 Å². The number of ether oxygens (including phenoxy) is 1. The van der Waals surface area contributed by atoms with Crippen molar-refractivity contribution in [1.29, 1.82) is 0 Å². The van der Waals surface area contributed by atoms with E-state index in [1.807, 2.05) is 12.3 Å². The fourth-order valence-electron chi connectivity index (χ4n) is 1.82. The van der Waals surface area contributed by atoms with Gasteiger partial charge in [0.25, 0.3) is 0 Å². The lowest BCUT2D eigenvalue weighted by Crippen LogP contribution is -2.45. The van der Waals surface area contributed by atoms with Crippen LogP contribution in [0.1, 0.15) is 5.56 Å². The third-order valence-corrected chi connectivity index (χ3v) is 2.61. The minimum Gasteiger partial charge on any atom is -0.374 e. The third-order valence-electron chi connectivity index (χ3n) is 2.61. The third kappa shape index (κ3) is 2.99. The highest BCUT2D eigenvalue weighted by Crippen LogP contribution is 2.08. The average molecular weight is 207 g/mol. The Morgan fingerprint density at radius 3 is 3.27 bits per heavy atom. The molecule has 1 saturated heterocycles. The van der Waals surface area contributed by atoms with Gasteiger partial charge in [-0.15, -0.1) is 0 Å². The summed E-state index contributed by atoms with van der Waals surface area (Å²) in [7, 11) is 0. The summed E-state index contributed by atoms with van der Waals surface area (Å²) in [6.45, 7) is 4.22. The summed E-state index contributed by atoms with van der Waals surface area (Å²) in [5, 5.41) is 0. The number of nitrogens with zero attached hydrogens (tertiary/aromatic N) is 2. The van der Waals surface area contributed by atoms with Crippen LogP contribution in [0.4, 0.5) is 0 Å². The molecule has 2 N–H and O–H groups in total. The Labute approximate surface area is 90.0 Å². The number of hydrogen-bond donors (Lipinski definition) is 1. The lowest BCUT2D eigenvalue weighted by Gasteiger charge is -2.32. The van der Waals surface area contributed by atoms with E-state index in [0.717, 1.165) is 26.2 Å². The Bertz CT molecular complexity index is 291. The summed E-state index contributed by atoms with van der Waals surface area (Å²) in [5.74, 6) is 0. The van der Waals surface area contributed by atoms with Gasteiger partial charge >= 0.3 is 0 Å². The average Bonchev–Trinajstić information content (AvgIpc) is 2.31. The summed E-state index contributed by atoms with van der Waals surface area (Å²) < 4.78 is 5.51. The molecule has 0 aromatic carbocycles. The normalized spacial score (nSPS) is 22.9. The van der Waals surface area contributed by atoms with Crippen LogP contribution in [0.2, 0.25) is 0 Å². The molecule has 0 radical (unpaired) electrons. The van der Waals surface area contributed by atoms with E-state index >= 15 is 0 Å². The number of nitrogens with two attached hydrogens (primary N) is 1. The van der Waals surface area contributed by atoms with E-state index in [2.05, 4.69) is 16.0 Å². The first-order chi connectivity index (χ1) is 7.38. The van der Waals surface area contributed by atoms with Crippen molar-refractivity contribution in [3.05, 3.63) is 30.1 Å². The summed E-state index contributed by atoms with van der Waals surface area (Å²) in [6, 6.07) is 4.07. The molecule has 1 aromatic rings. The van der Waals surface area contributed by atoms with Gasteiger partial charge in [-0.1, -0.05) is 6.07 Å². The van der Waals surface area contributed by atoms with Gasteiger partial charge in [0, 0.05) is 38.6 Å². The Morgan fingerprint density at radius 2 is 2.53 bits per heavy atom. The number of pyridine rings is 1. The van der Waals surface area contributed by atoms with Crippen molar-refractivity contribution in [2.75, 3.05) is 26.2 Å². The SMILES string of the molecule is NCC1CN(Cc2cccnc2)CCO1. The van der Waals surface area contributed by atoms with Crippen molar-refractivity contribution < 1.29 is 4.74 Å². The van der Waals surface area contributed by atoms with Gasteiger partial charge in [-0.25, -0.2) is 0 Å². The van der Waals surface area contributed by atoms with Crippen LogP contribution in [-0.2, 0) is 11.3 Å². The summed E-state index contributed by atoms with van der Waals surface area (Å²) >= 11 is 0. The minimum absolute atomic E-state index is 0.190. The molecule has 1 unspecified atom stereocenters. The molecule has 1 atom stereocenters. The highest BCUT2D eigenvalue weighted by atomic mass is 16.5. The molecule has 1 fully saturated rings. The Morgan fingerprint density at radius 1 is 1.60 bits per heavy atom. The highest BCUT2D eigenvalue weighted by molar-refractivity contribution is 5.08. The minimum atomic E-state index is 0.190. The molecule has 4 heteroatoms. The summed E-state index contributed by atoms with van der Waals surface area (Å²) in [5.41, 5.74) is 6.84. The molecule has 82 valence electrons. The predicted octanol–water partition coefficient (Wildman–Crippen LogP) is 0.241. The second-order valence-corrected chi connectivity index (χ2v) is 3.82. The van der Waals surface area contributed by atoms with Gasteiger partial charge in [0.05, 0.1) is 12.7 Å². The molecule has 1 aliphatic rings. The molecular formula is C11H17N3O. The van der Waals surface area contributed by atoms with Crippen LogP contribution in [0.5, 0.6) is 0 Å². The van der Waals surface area contributed by atoms with Gasteiger partial charge in [0.15, 0.2) is 0 Å². The topological polar surface area (TPSA) is 51.4 Å². The Hall–Kier alpha value is -0.970. The van der Waals surface area contributed by atoms with Crippen LogP contribution in [0.15, 0.2) is 24.5 Å². The zero-order valence-electron chi connectivity index (χ0n) is 8.80. The quantitative estimate of drug-likeness (QED) is 0.771. The molecule has 2 heterocycles. The van der Waals surface area contributed by atoms with Crippen molar-refractivity contribution in [3.8, 4) is 0 Å². The van der Waals surface area contributed by atoms with Gasteiger partial charge < -0.3 is 10.5 Å². The van der Waals surface area contributed by atoms with Crippen molar-refractivity contribution in [2.45, 2.75) is 12.6 Å². The lowest BCUT2D eigenvalue weighted by molar-refractivity contribution is -0.0260. The predicted molar refractivity (Wildman–Crippen MR) is 58.3 cm³/mol. The highest BCUT2D eigenvalue weighted by Gasteiger charge is 2.18. The van der Waals surface area contributed by atoms with E-state index in [-0.39, 0.29) is 6.10 Å². The molecule has 15 heavy (non-hydrogen) atoms. The molecule has 1 aromatic heterocycles. The maximum absolute atomic E-state index is 5.59. The molecule has 0 saturated carbocycles. The van der Waals surface area contributed by atoms with Gasteiger partial charge in [-0.2, -0.15) is 0 Å². The van der Waals surface area contributed by atoms with Crippen molar-refractivity contribution in [3.63, 3.8) is 0 Å². The van der Waals surface area contributed by atoms with E-state index in [0.29, 0.717) is 6.54 Å². The van der Waals surface area contributed by atoms with E-state index in [1.54, 1.807) is 6.20 Å².